The molecule has 16 heavy (non-hydrogen) atoms. The van der Waals surface area contributed by atoms with Gasteiger partial charge in [0.15, 0.2) is 0 Å². The first-order valence-electron chi connectivity index (χ1n) is 5.43. The van der Waals surface area contributed by atoms with Gasteiger partial charge in [0, 0.05) is 25.3 Å². The molecule has 2 rings (SSSR count). The number of benzene rings is 1. The van der Waals surface area contributed by atoms with E-state index >= 15 is 0 Å². The van der Waals surface area contributed by atoms with E-state index in [4.69, 9.17) is 9.84 Å². The lowest BCUT2D eigenvalue weighted by Gasteiger charge is -2.19. The Morgan fingerprint density at radius 3 is 2.69 bits per heavy atom. The maximum absolute atomic E-state index is 12.1. The molecular weight excluding hydrogens is 206 g/mol. The largest absolute Gasteiger partial charge is 0.508 e. The monoisotopic (exact) mass is 221 g/mol. The van der Waals surface area contributed by atoms with E-state index < -0.39 is 0 Å². The van der Waals surface area contributed by atoms with E-state index in [2.05, 4.69) is 0 Å². The van der Waals surface area contributed by atoms with Gasteiger partial charge < -0.3 is 14.7 Å². The summed E-state index contributed by atoms with van der Waals surface area (Å²) >= 11 is 0. The van der Waals surface area contributed by atoms with Gasteiger partial charge in [0.1, 0.15) is 5.75 Å². The number of phenolic OH excluding ortho intramolecular Hbond substituents is 1. The Hall–Kier alpha value is -1.55. The number of rotatable bonds is 1. The van der Waals surface area contributed by atoms with Crippen molar-refractivity contribution in [1.82, 2.24) is 4.90 Å². The molecule has 1 N–H and O–H groups in total. The maximum Gasteiger partial charge on any atom is 0.253 e. The van der Waals surface area contributed by atoms with Gasteiger partial charge in [0.05, 0.1) is 6.61 Å². The van der Waals surface area contributed by atoms with Crippen LogP contribution >= 0.6 is 0 Å². The predicted molar refractivity (Wildman–Crippen MR) is 59.4 cm³/mol. The second-order valence-electron chi connectivity index (χ2n) is 3.81. The number of hydrogen-bond acceptors (Lipinski definition) is 3. The van der Waals surface area contributed by atoms with Gasteiger partial charge in [-0.25, -0.2) is 0 Å². The molecule has 0 atom stereocenters. The third kappa shape index (κ3) is 2.52. The minimum absolute atomic E-state index is 0.00509. The molecule has 0 aliphatic carbocycles. The standard InChI is InChI=1S/C12H15NO3/c14-11-4-2-10(3-5-11)12(15)13-6-1-8-16-9-7-13/h2-5,14H,1,6-9H2. The average Bonchev–Trinajstić information content (AvgIpc) is 2.57. The molecule has 0 unspecified atom stereocenters. The number of nitrogens with zero attached hydrogens (tertiary/aromatic N) is 1. The molecule has 1 fully saturated rings. The molecule has 0 radical (unpaired) electrons. The summed E-state index contributed by atoms with van der Waals surface area (Å²) in [4.78, 5) is 13.8. The summed E-state index contributed by atoms with van der Waals surface area (Å²) in [5.74, 6) is 0.182. The molecule has 1 aromatic rings. The van der Waals surface area contributed by atoms with E-state index in [0.29, 0.717) is 18.7 Å². The Balaban J connectivity index is 2.08. The van der Waals surface area contributed by atoms with Gasteiger partial charge in [-0.05, 0) is 30.7 Å². The first kappa shape index (κ1) is 11.0. The van der Waals surface area contributed by atoms with Crippen LogP contribution in [0, 0.1) is 0 Å². The van der Waals surface area contributed by atoms with Crippen molar-refractivity contribution in [2.75, 3.05) is 26.3 Å². The second-order valence-corrected chi connectivity index (χ2v) is 3.81. The first-order chi connectivity index (χ1) is 7.77. The fraction of sp³-hybridized carbons (Fsp3) is 0.417. The lowest BCUT2D eigenvalue weighted by Crippen LogP contribution is -2.33. The summed E-state index contributed by atoms with van der Waals surface area (Å²) < 4.78 is 5.30. The maximum atomic E-state index is 12.1. The molecule has 1 aliphatic heterocycles. The van der Waals surface area contributed by atoms with E-state index in [9.17, 15) is 4.79 Å². The Morgan fingerprint density at radius 1 is 1.19 bits per heavy atom. The van der Waals surface area contributed by atoms with E-state index in [-0.39, 0.29) is 11.7 Å². The molecule has 0 aromatic heterocycles. The van der Waals surface area contributed by atoms with Gasteiger partial charge >= 0.3 is 0 Å². The van der Waals surface area contributed by atoms with Gasteiger partial charge in [-0.3, -0.25) is 4.79 Å². The number of carbonyl (C=O) groups is 1. The molecule has 0 saturated carbocycles. The third-order valence-corrected chi connectivity index (χ3v) is 2.62. The Bertz CT molecular complexity index is 353. The fourth-order valence-electron chi connectivity index (χ4n) is 1.74. The van der Waals surface area contributed by atoms with Gasteiger partial charge in [-0.15, -0.1) is 0 Å². The molecule has 0 bridgehead atoms. The molecule has 0 spiro atoms. The van der Waals surface area contributed by atoms with E-state index in [1.54, 1.807) is 17.0 Å². The molecule has 86 valence electrons. The van der Waals surface area contributed by atoms with Gasteiger partial charge in [0.2, 0.25) is 0 Å². The molecule has 1 aliphatic rings. The third-order valence-electron chi connectivity index (χ3n) is 2.62. The molecule has 4 nitrogen and oxygen atoms in total. The summed E-state index contributed by atoms with van der Waals surface area (Å²) in [6, 6.07) is 6.34. The van der Waals surface area contributed by atoms with Crippen LogP contribution < -0.4 is 0 Å². The fourth-order valence-corrected chi connectivity index (χ4v) is 1.74. The summed E-state index contributed by atoms with van der Waals surface area (Å²) in [5.41, 5.74) is 0.611. The van der Waals surface area contributed by atoms with Crippen LogP contribution in [0.1, 0.15) is 16.8 Å². The van der Waals surface area contributed by atoms with Crippen molar-refractivity contribution in [3.8, 4) is 5.75 Å². The van der Waals surface area contributed by atoms with Crippen molar-refractivity contribution >= 4 is 5.91 Å². The Kier molecular flexibility index (Phi) is 3.41. The lowest BCUT2D eigenvalue weighted by molar-refractivity contribution is 0.0741. The minimum atomic E-state index is 0.00509. The highest BCUT2D eigenvalue weighted by molar-refractivity contribution is 5.94. The van der Waals surface area contributed by atoms with E-state index in [0.717, 1.165) is 19.6 Å². The minimum Gasteiger partial charge on any atom is -0.508 e. The smallest absolute Gasteiger partial charge is 0.253 e. The molecule has 1 amide bonds. The summed E-state index contributed by atoms with van der Waals surface area (Å²) in [5, 5.41) is 9.15. The Labute approximate surface area is 94.4 Å². The SMILES string of the molecule is O=C(c1ccc(O)cc1)N1CCCOCC1. The zero-order valence-electron chi connectivity index (χ0n) is 9.06. The number of aromatic hydroxyl groups is 1. The summed E-state index contributed by atoms with van der Waals surface area (Å²) in [6.45, 7) is 2.70. The van der Waals surface area contributed by atoms with Crippen LogP contribution in [0.25, 0.3) is 0 Å². The Morgan fingerprint density at radius 2 is 1.94 bits per heavy atom. The van der Waals surface area contributed by atoms with Crippen LogP contribution in [0.15, 0.2) is 24.3 Å². The van der Waals surface area contributed by atoms with Gasteiger partial charge in [-0.1, -0.05) is 0 Å². The van der Waals surface area contributed by atoms with Gasteiger partial charge in [-0.2, -0.15) is 0 Å². The van der Waals surface area contributed by atoms with Crippen molar-refractivity contribution in [3.63, 3.8) is 0 Å². The number of ether oxygens (including phenoxy) is 1. The zero-order chi connectivity index (χ0) is 11.4. The van der Waals surface area contributed by atoms with Crippen LogP contribution in [0.5, 0.6) is 5.75 Å². The van der Waals surface area contributed by atoms with Crippen LogP contribution in [0.3, 0.4) is 0 Å². The predicted octanol–water partition coefficient (Wildman–Crippen LogP) is 1.25. The molecular formula is C12H15NO3. The van der Waals surface area contributed by atoms with E-state index in [1.807, 2.05) is 0 Å². The zero-order valence-corrected chi connectivity index (χ0v) is 9.06. The second kappa shape index (κ2) is 4.99. The highest BCUT2D eigenvalue weighted by Crippen LogP contribution is 2.12. The normalized spacial score (nSPS) is 16.9. The van der Waals surface area contributed by atoms with Crippen molar-refractivity contribution in [2.24, 2.45) is 0 Å². The van der Waals surface area contributed by atoms with Crippen LogP contribution in [-0.2, 0) is 4.74 Å². The molecule has 1 heterocycles. The highest BCUT2D eigenvalue weighted by Gasteiger charge is 2.16. The van der Waals surface area contributed by atoms with Crippen molar-refractivity contribution < 1.29 is 14.6 Å². The average molecular weight is 221 g/mol. The molecule has 1 aromatic carbocycles. The molecule has 1 saturated heterocycles. The van der Waals surface area contributed by atoms with Crippen LogP contribution in [-0.4, -0.2) is 42.2 Å². The van der Waals surface area contributed by atoms with Crippen molar-refractivity contribution in [1.29, 1.82) is 0 Å². The number of phenols is 1. The quantitative estimate of drug-likeness (QED) is 0.776. The molecule has 4 heteroatoms. The van der Waals surface area contributed by atoms with Crippen LogP contribution in [0.4, 0.5) is 0 Å². The summed E-state index contributed by atoms with van der Waals surface area (Å²) in [7, 11) is 0. The van der Waals surface area contributed by atoms with Crippen LogP contribution in [0.2, 0.25) is 0 Å². The topological polar surface area (TPSA) is 49.8 Å². The summed E-state index contributed by atoms with van der Waals surface area (Å²) in [6.07, 6.45) is 0.879. The van der Waals surface area contributed by atoms with Crippen molar-refractivity contribution in [2.45, 2.75) is 6.42 Å². The van der Waals surface area contributed by atoms with Gasteiger partial charge in [0.25, 0.3) is 5.91 Å². The number of hydrogen-bond donors (Lipinski definition) is 1. The first-order valence-corrected chi connectivity index (χ1v) is 5.43. The highest BCUT2D eigenvalue weighted by atomic mass is 16.5. The van der Waals surface area contributed by atoms with E-state index in [1.165, 1.54) is 12.1 Å². The number of carbonyl (C=O) groups excluding carboxylic acids is 1. The lowest BCUT2D eigenvalue weighted by atomic mass is 10.2. The number of amides is 1. The van der Waals surface area contributed by atoms with Crippen molar-refractivity contribution in [3.05, 3.63) is 29.8 Å².